The Balaban J connectivity index is 2.69. The van der Waals surface area contributed by atoms with E-state index in [1.807, 2.05) is 43.0 Å². The Bertz CT molecular complexity index is 504. The smallest absolute Gasteiger partial charge is 0.206 e. The highest BCUT2D eigenvalue weighted by molar-refractivity contribution is 6.83. The van der Waals surface area contributed by atoms with Crippen LogP contribution in [0, 0.1) is 22.0 Å². The van der Waals surface area contributed by atoms with E-state index in [0.717, 1.165) is 5.56 Å². The van der Waals surface area contributed by atoms with Crippen molar-refractivity contribution in [3.8, 4) is 0 Å². The molecule has 0 bridgehead atoms. The van der Waals surface area contributed by atoms with E-state index < -0.39 is 8.07 Å². The van der Waals surface area contributed by atoms with E-state index in [0.29, 0.717) is 13.2 Å². The Kier molecular flexibility index (Phi) is 7.65. The van der Waals surface area contributed by atoms with Crippen molar-refractivity contribution in [2.24, 2.45) is 11.8 Å². The van der Waals surface area contributed by atoms with Gasteiger partial charge in [-0.25, -0.2) is 0 Å². The van der Waals surface area contributed by atoms with Gasteiger partial charge in [0.2, 0.25) is 6.54 Å². The minimum Gasteiger partial charge on any atom is -0.376 e. The molecule has 1 aromatic carbocycles. The second kappa shape index (κ2) is 8.98. The summed E-state index contributed by atoms with van der Waals surface area (Å²) in [6, 6.07) is 10.1. The molecule has 0 amide bonds. The van der Waals surface area contributed by atoms with Crippen LogP contribution in [0.15, 0.2) is 42.6 Å². The van der Waals surface area contributed by atoms with Gasteiger partial charge in [0.05, 0.1) is 14.7 Å². The van der Waals surface area contributed by atoms with Crippen molar-refractivity contribution in [1.82, 2.24) is 0 Å². The summed E-state index contributed by atoms with van der Waals surface area (Å²) in [4.78, 5) is 10.7. The summed E-state index contributed by atoms with van der Waals surface area (Å²) in [6.07, 6.45) is 0. The Morgan fingerprint density at radius 3 is 2.39 bits per heavy atom. The average molecular weight is 336 g/mol. The fourth-order valence-electron chi connectivity index (χ4n) is 3.55. The summed E-state index contributed by atoms with van der Waals surface area (Å²) in [6.45, 7) is 13.8. The maximum atomic E-state index is 10.9. The first-order chi connectivity index (χ1) is 10.8. The van der Waals surface area contributed by atoms with Crippen molar-refractivity contribution >= 4 is 8.07 Å². The molecule has 128 valence electrons. The van der Waals surface area contributed by atoms with Gasteiger partial charge in [-0.05, 0) is 17.0 Å². The van der Waals surface area contributed by atoms with E-state index in [9.17, 15) is 10.1 Å². The van der Waals surface area contributed by atoms with Gasteiger partial charge in [-0.3, -0.25) is 10.1 Å². The molecule has 0 unspecified atom stereocenters. The third-order valence-electron chi connectivity index (χ3n) is 4.54. The van der Waals surface area contributed by atoms with Gasteiger partial charge in [-0.2, -0.15) is 0 Å². The number of hydrogen-bond acceptors (Lipinski definition) is 3. The molecule has 1 aromatic rings. The largest absolute Gasteiger partial charge is 0.376 e. The topological polar surface area (TPSA) is 52.4 Å². The van der Waals surface area contributed by atoms with Gasteiger partial charge in [-0.1, -0.05) is 57.3 Å². The van der Waals surface area contributed by atoms with Crippen molar-refractivity contribution in [1.29, 1.82) is 0 Å². The van der Waals surface area contributed by atoms with Crippen LogP contribution in [0.2, 0.25) is 18.6 Å². The number of ether oxygens (including phenoxy) is 1. The molecule has 3 atom stereocenters. The summed E-state index contributed by atoms with van der Waals surface area (Å²) in [5.41, 5.74) is 3.47. The van der Waals surface area contributed by atoms with Crippen molar-refractivity contribution < 1.29 is 9.66 Å². The fraction of sp³-hybridized carbons (Fsp3) is 0.556. The van der Waals surface area contributed by atoms with Gasteiger partial charge in [-0.15, -0.1) is 12.3 Å². The monoisotopic (exact) mass is 335 g/mol. The highest BCUT2D eigenvalue weighted by Crippen LogP contribution is 2.38. The molecule has 5 heteroatoms. The Labute approximate surface area is 140 Å². The molecule has 0 spiro atoms. The van der Waals surface area contributed by atoms with Crippen LogP contribution in [0.5, 0.6) is 0 Å². The summed E-state index contributed by atoms with van der Waals surface area (Å²) >= 11 is 0. The average Bonchev–Trinajstić information content (AvgIpc) is 2.47. The van der Waals surface area contributed by atoms with Crippen LogP contribution >= 0.6 is 0 Å². The highest BCUT2D eigenvalue weighted by Gasteiger charge is 2.38. The summed E-state index contributed by atoms with van der Waals surface area (Å²) < 4.78 is 5.88. The SMILES string of the molecule is C=C[Si](C)(C)[C@H]([C@H](C)C[N+](=O)[O-])[C@@H](C)COCc1ccccc1. The summed E-state index contributed by atoms with van der Waals surface area (Å²) in [5, 5.41) is 10.9. The quantitative estimate of drug-likeness (QED) is 0.358. The van der Waals surface area contributed by atoms with Crippen molar-refractivity contribution in [2.45, 2.75) is 39.1 Å². The zero-order valence-electron chi connectivity index (χ0n) is 14.7. The van der Waals surface area contributed by atoms with Crippen molar-refractivity contribution in [2.75, 3.05) is 13.2 Å². The lowest BCUT2D eigenvalue weighted by molar-refractivity contribution is -0.487. The predicted octanol–water partition coefficient (Wildman–Crippen LogP) is 4.56. The number of nitro groups is 1. The fourth-order valence-corrected chi connectivity index (χ4v) is 6.96. The molecule has 0 heterocycles. The maximum absolute atomic E-state index is 10.9. The first-order valence-corrected chi connectivity index (χ1v) is 11.3. The molecule has 0 fully saturated rings. The van der Waals surface area contributed by atoms with E-state index >= 15 is 0 Å². The molecular formula is C18H29NO3Si. The summed E-state index contributed by atoms with van der Waals surface area (Å²) in [5.74, 6) is 0.299. The second-order valence-electron chi connectivity index (χ2n) is 7.02. The number of rotatable bonds is 10. The normalized spacial score (nSPS) is 15.7. The first-order valence-electron chi connectivity index (χ1n) is 8.15. The van der Waals surface area contributed by atoms with Gasteiger partial charge in [0.15, 0.2) is 0 Å². The third kappa shape index (κ3) is 6.27. The van der Waals surface area contributed by atoms with Gasteiger partial charge < -0.3 is 4.74 Å². The van der Waals surface area contributed by atoms with Crippen LogP contribution in [-0.2, 0) is 11.3 Å². The summed E-state index contributed by atoms with van der Waals surface area (Å²) in [7, 11) is -1.75. The van der Waals surface area contributed by atoms with Crippen LogP contribution in [0.1, 0.15) is 19.4 Å². The lowest BCUT2D eigenvalue weighted by Gasteiger charge is -2.37. The van der Waals surface area contributed by atoms with E-state index in [2.05, 4.69) is 26.6 Å². The molecule has 23 heavy (non-hydrogen) atoms. The van der Waals surface area contributed by atoms with Gasteiger partial charge in [0.25, 0.3) is 0 Å². The van der Waals surface area contributed by atoms with Crippen LogP contribution in [0.4, 0.5) is 0 Å². The first kappa shape index (κ1) is 19.6. The van der Waals surface area contributed by atoms with Crippen LogP contribution < -0.4 is 0 Å². The Morgan fingerprint density at radius 1 is 1.26 bits per heavy atom. The van der Waals surface area contributed by atoms with Crippen LogP contribution in [0.3, 0.4) is 0 Å². The molecule has 1 rings (SSSR count). The van der Waals surface area contributed by atoms with Gasteiger partial charge >= 0.3 is 0 Å². The molecule has 0 aliphatic rings. The Morgan fingerprint density at radius 2 is 1.87 bits per heavy atom. The van der Waals surface area contributed by atoms with Gasteiger partial charge in [0.1, 0.15) is 0 Å². The molecule has 0 aliphatic carbocycles. The molecular weight excluding hydrogens is 306 g/mol. The zero-order valence-corrected chi connectivity index (χ0v) is 15.7. The van der Waals surface area contributed by atoms with E-state index in [1.165, 1.54) is 0 Å². The van der Waals surface area contributed by atoms with Gasteiger partial charge in [0, 0.05) is 17.4 Å². The van der Waals surface area contributed by atoms with E-state index in [4.69, 9.17) is 4.74 Å². The standard InChI is InChI=1S/C18H29NO3Si/c1-6-23(4,5)18(15(2)12-19(20)21)16(3)13-22-14-17-10-8-7-9-11-17/h6-11,15-16,18H,1,12-14H2,2-5H3/t15-,16+,18-/m1/s1. The number of hydrogen-bond donors (Lipinski definition) is 0. The number of nitrogens with zero attached hydrogens (tertiary/aromatic N) is 1. The minimum absolute atomic E-state index is 0.0119. The molecule has 4 nitrogen and oxygen atoms in total. The second-order valence-corrected chi connectivity index (χ2v) is 11.7. The highest BCUT2D eigenvalue weighted by atomic mass is 28.3. The minimum atomic E-state index is -1.75. The predicted molar refractivity (Wildman–Crippen MR) is 97.7 cm³/mol. The van der Waals surface area contributed by atoms with Crippen LogP contribution in [-0.4, -0.2) is 26.1 Å². The van der Waals surface area contributed by atoms with E-state index in [-0.39, 0.29) is 28.8 Å². The van der Waals surface area contributed by atoms with Crippen molar-refractivity contribution in [3.63, 3.8) is 0 Å². The molecule has 0 saturated carbocycles. The van der Waals surface area contributed by atoms with Crippen molar-refractivity contribution in [3.05, 3.63) is 58.3 Å². The lowest BCUT2D eigenvalue weighted by atomic mass is 9.97. The molecule has 0 N–H and O–H groups in total. The van der Waals surface area contributed by atoms with E-state index in [1.54, 1.807) is 0 Å². The molecule has 0 saturated heterocycles. The molecule has 0 aliphatic heterocycles. The lowest BCUT2D eigenvalue weighted by Crippen LogP contribution is -2.41. The molecule has 0 aromatic heterocycles. The molecule has 0 radical (unpaired) electrons. The number of benzene rings is 1. The third-order valence-corrected chi connectivity index (χ3v) is 8.45. The zero-order chi connectivity index (χ0) is 17.5. The Hall–Kier alpha value is -1.46. The maximum Gasteiger partial charge on any atom is 0.206 e. The van der Waals surface area contributed by atoms with Crippen LogP contribution in [0.25, 0.3) is 0 Å².